The van der Waals surface area contributed by atoms with Crippen LogP contribution in [0.5, 0.6) is 0 Å². The number of nitrogens with one attached hydrogen (secondary N) is 1. The summed E-state index contributed by atoms with van der Waals surface area (Å²) in [6.45, 7) is 0.343. The molecule has 6 heteroatoms. The molecule has 0 aliphatic carbocycles. The highest BCUT2D eigenvalue weighted by Gasteiger charge is 2.17. The number of carbonyl (C=O) groups excluding carboxylic acids is 1. The Labute approximate surface area is 172 Å². The maximum atomic E-state index is 13.2. The Balaban J connectivity index is 1.79. The average Bonchev–Trinajstić information content (AvgIpc) is 2.76. The summed E-state index contributed by atoms with van der Waals surface area (Å²) in [6, 6.07) is 22.5. The third-order valence-electron chi connectivity index (χ3n) is 4.63. The van der Waals surface area contributed by atoms with Gasteiger partial charge in [0.25, 0.3) is 11.5 Å². The molecule has 1 amide bonds. The van der Waals surface area contributed by atoms with Gasteiger partial charge in [0.2, 0.25) is 0 Å². The fourth-order valence-corrected chi connectivity index (χ4v) is 3.77. The zero-order valence-electron chi connectivity index (χ0n) is 15.8. The lowest BCUT2D eigenvalue weighted by atomic mass is 10.1. The molecule has 0 aliphatic heterocycles. The van der Waals surface area contributed by atoms with Gasteiger partial charge in [-0.25, -0.2) is 4.98 Å². The number of hydrogen-bond acceptors (Lipinski definition) is 4. The number of benzene rings is 2. The van der Waals surface area contributed by atoms with Crippen molar-refractivity contribution in [3.63, 3.8) is 0 Å². The molecule has 144 valence electrons. The molecule has 4 rings (SSSR count). The van der Waals surface area contributed by atoms with Crippen LogP contribution in [0.2, 0.25) is 0 Å². The molecular formula is C23H19N3O2S. The highest BCUT2D eigenvalue weighted by atomic mass is 32.2. The lowest BCUT2D eigenvalue weighted by molar-refractivity contribution is 0.102. The number of para-hydroxylation sites is 1. The number of nitrogens with zero attached hydrogens (tertiary/aromatic N) is 2. The second-order valence-electron chi connectivity index (χ2n) is 6.51. The van der Waals surface area contributed by atoms with Crippen molar-refractivity contribution in [1.29, 1.82) is 0 Å². The van der Waals surface area contributed by atoms with Gasteiger partial charge < -0.3 is 5.32 Å². The van der Waals surface area contributed by atoms with Gasteiger partial charge in [0.1, 0.15) is 11.2 Å². The molecule has 0 saturated heterocycles. The van der Waals surface area contributed by atoms with E-state index in [1.165, 1.54) is 11.8 Å². The van der Waals surface area contributed by atoms with E-state index in [-0.39, 0.29) is 11.1 Å². The fourth-order valence-electron chi connectivity index (χ4n) is 3.22. The predicted molar refractivity (Wildman–Crippen MR) is 118 cm³/mol. The highest BCUT2D eigenvalue weighted by molar-refractivity contribution is 7.98. The molecule has 2 aromatic heterocycles. The summed E-state index contributed by atoms with van der Waals surface area (Å²) >= 11 is 1.54. The lowest BCUT2D eigenvalue weighted by Crippen LogP contribution is -2.30. The first-order valence-corrected chi connectivity index (χ1v) is 10.4. The molecule has 0 unspecified atom stereocenters. The average molecular weight is 401 g/mol. The molecule has 1 N–H and O–H groups in total. The number of aromatic nitrogens is 2. The molecular weight excluding hydrogens is 382 g/mol. The van der Waals surface area contributed by atoms with E-state index < -0.39 is 5.91 Å². The number of hydrogen-bond donors (Lipinski definition) is 1. The Kier molecular flexibility index (Phi) is 5.44. The lowest BCUT2D eigenvalue weighted by Gasteiger charge is -2.13. The van der Waals surface area contributed by atoms with E-state index in [9.17, 15) is 9.59 Å². The van der Waals surface area contributed by atoms with Gasteiger partial charge >= 0.3 is 0 Å². The van der Waals surface area contributed by atoms with E-state index in [0.29, 0.717) is 17.9 Å². The monoisotopic (exact) mass is 401 g/mol. The smallest absolute Gasteiger partial charge is 0.265 e. The molecule has 29 heavy (non-hydrogen) atoms. The molecule has 5 nitrogen and oxygen atoms in total. The van der Waals surface area contributed by atoms with Crippen LogP contribution in [0, 0.1) is 0 Å². The Morgan fingerprint density at radius 1 is 1.03 bits per heavy atom. The van der Waals surface area contributed by atoms with E-state index in [0.717, 1.165) is 15.8 Å². The highest BCUT2D eigenvalue weighted by Crippen LogP contribution is 2.25. The molecule has 0 fully saturated rings. The van der Waals surface area contributed by atoms with Gasteiger partial charge in [0.15, 0.2) is 0 Å². The Morgan fingerprint density at radius 2 is 1.79 bits per heavy atom. The number of pyridine rings is 2. The molecule has 0 atom stereocenters. The summed E-state index contributed by atoms with van der Waals surface area (Å²) in [7, 11) is 0. The van der Waals surface area contributed by atoms with Crippen LogP contribution in [0.4, 0.5) is 5.69 Å². The third kappa shape index (κ3) is 3.93. The van der Waals surface area contributed by atoms with Crippen LogP contribution in [0.3, 0.4) is 0 Å². The van der Waals surface area contributed by atoms with Gasteiger partial charge in [-0.3, -0.25) is 14.2 Å². The molecule has 0 bridgehead atoms. The number of amides is 1. The van der Waals surface area contributed by atoms with Crippen molar-refractivity contribution < 1.29 is 4.79 Å². The largest absolute Gasteiger partial charge is 0.321 e. The maximum absolute atomic E-state index is 13.2. The van der Waals surface area contributed by atoms with Crippen molar-refractivity contribution >= 4 is 34.4 Å². The first kappa shape index (κ1) is 19.0. The predicted octanol–water partition coefficient (Wildman–Crippen LogP) is 4.42. The first-order chi connectivity index (χ1) is 14.2. The fraction of sp³-hybridized carbons (Fsp3) is 0.0870. The van der Waals surface area contributed by atoms with Gasteiger partial charge in [0.05, 0.1) is 12.2 Å². The Morgan fingerprint density at radius 3 is 2.59 bits per heavy atom. The van der Waals surface area contributed by atoms with Crippen LogP contribution < -0.4 is 10.9 Å². The van der Waals surface area contributed by atoms with Gasteiger partial charge in [-0.1, -0.05) is 42.5 Å². The number of carbonyl (C=O) groups is 1. The third-order valence-corrected chi connectivity index (χ3v) is 5.43. The van der Waals surface area contributed by atoms with Crippen molar-refractivity contribution in [2.24, 2.45) is 0 Å². The number of anilines is 1. The molecule has 4 aromatic rings. The minimum Gasteiger partial charge on any atom is -0.321 e. The SMILES string of the molecule is CSc1ccccc1NC(=O)c1cc2cccnc2n(Cc2ccccc2)c1=O. The second-order valence-corrected chi connectivity index (χ2v) is 7.35. The van der Waals surface area contributed by atoms with Crippen LogP contribution >= 0.6 is 11.8 Å². The molecule has 0 aliphatic rings. The van der Waals surface area contributed by atoms with Crippen LogP contribution in [0.1, 0.15) is 15.9 Å². The summed E-state index contributed by atoms with van der Waals surface area (Å²) in [6.07, 6.45) is 3.59. The topological polar surface area (TPSA) is 64.0 Å². The van der Waals surface area contributed by atoms with Crippen LogP contribution in [-0.4, -0.2) is 21.7 Å². The number of fused-ring (bicyclic) bond motifs is 1. The Bertz CT molecular complexity index is 1240. The molecule has 0 spiro atoms. The summed E-state index contributed by atoms with van der Waals surface area (Å²) in [4.78, 5) is 31.5. The molecule has 0 saturated carbocycles. The Hall–Kier alpha value is -3.38. The van der Waals surface area contributed by atoms with Crippen molar-refractivity contribution in [3.05, 3.63) is 100 Å². The normalized spacial score (nSPS) is 10.8. The van der Waals surface area contributed by atoms with Gasteiger partial charge in [-0.15, -0.1) is 11.8 Å². The van der Waals surface area contributed by atoms with E-state index in [1.54, 1.807) is 22.9 Å². The van der Waals surface area contributed by atoms with Gasteiger partial charge in [-0.05, 0) is 42.2 Å². The number of thioether (sulfide) groups is 1. The summed E-state index contributed by atoms with van der Waals surface area (Å²) < 4.78 is 1.56. The standard InChI is InChI=1S/C23H19N3O2S/c1-29-20-12-6-5-11-19(20)25-22(27)18-14-17-10-7-13-24-21(17)26(23(18)28)15-16-8-3-2-4-9-16/h2-14H,15H2,1H3,(H,25,27). The van der Waals surface area contributed by atoms with Gasteiger partial charge in [0, 0.05) is 16.5 Å². The summed E-state index contributed by atoms with van der Waals surface area (Å²) in [5, 5.41) is 3.62. The molecule has 2 heterocycles. The minimum atomic E-state index is -0.427. The van der Waals surface area contributed by atoms with Crippen molar-refractivity contribution in [1.82, 2.24) is 9.55 Å². The van der Waals surface area contributed by atoms with E-state index in [4.69, 9.17) is 0 Å². The summed E-state index contributed by atoms with van der Waals surface area (Å²) in [5.41, 5.74) is 1.94. The van der Waals surface area contributed by atoms with Crippen LogP contribution in [0.25, 0.3) is 11.0 Å². The molecule has 0 radical (unpaired) electrons. The quantitative estimate of drug-likeness (QED) is 0.503. The van der Waals surface area contributed by atoms with E-state index in [2.05, 4.69) is 10.3 Å². The van der Waals surface area contributed by atoms with Crippen LogP contribution in [-0.2, 0) is 6.54 Å². The number of rotatable bonds is 5. The maximum Gasteiger partial charge on any atom is 0.265 e. The van der Waals surface area contributed by atoms with Crippen molar-refractivity contribution in [3.8, 4) is 0 Å². The van der Waals surface area contributed by atoms with E-state index in [1.807, 2.05) is 66.9 Å². The zero-order valence-corrected chi connectivity index (χ0v) is 16.6. The first-order valence-electron chi connectivity index (χ1n) is 9.14. The second kappa shape index (κ2) is 8.32. The van der Waals surface area contributed by atoms with Crippen LogP contribution in [0.15, 0.2) is 88.7 Å². The minimum absolute atomic E-state index is 0.0948. The van der Waals surface area contributed by atoms with Gasteiger partial charge in [-0.2, -0.15) is 0 Å². The van der Waals surface area contributed by atoms with E-state index >= 15 is 0 Å². The molecule has 2 aromatic carbocycles. The summed E-state index contributed by atoms with van der Waals surface area (Å²) in [5.74, 6) is -0.427. The van der Waals surface area contributed by atoms with Crippen molar-refractivity contribution in [2.75, 3.05) is 11.6 Å². The zero-order chi connectivity index (χ0) is 20.2. The van der Waals surface area contributed by atoms with Crippen molar-refractivity contribution in [2.45, 2.75) is 11.4 Å².